The van der Waals surface area contributed by atoms with Crippen LogP contribution in [0.2, 0.25) is 0 Å². The fourth-order valence-corrected chi connectivity index (χ4v) is 2.79. The standard InChI is InChI=1S/C19H18N2O6/c1-24-12-7-5-6-11-15(12)19(23)21-18(20-11)16(22)10-8-13(25-2)17(27-4)14(9-10)26-3/h5-9H,1-4H3,(H,20,21,23). The lowest BCUT2D eigenvalue weighted by atomic mass is 10.1. The number of ether oxygens (including phenoxy) is 4. The molecule has 3 aromatic rings. The van der Waals surface area contributed by atoms with E-state index >= 15 is 0 Å². The topological polar surface area (TPSA) is 99.7 Å². The fourth-order valence-electron chi connectivity index (χ4n) is 2.79. The molecule has 0 aliphatic carbocycles. The van der Waals surface area contributed by atoms with E-state index in [1.807, 2.05) is 0 Å². The van der Waals surface area contributed by atoms with Crippen molar-refractivity contribution in [2.45, 2.75) is 0 Å². The van der Waals surface area contributed by atoms with Gasteiger partial charge >= 0.3 is 0 Å². The summed E-state index contributed by atoms with van der Waals surface area (Å²) >= 11 is 0. The monoisotopic (exact) mass is 370 g/mol. The van der Waals surface area contributed by atoms with Gasteiger partial charge in [0.15, 0.2) is 17.3 Å². The van der Waals surface area contributed by atoms with Gasteiger partial charge in [-0.15, -0.1) is 0 Å². The van der Waals surface area contributed by atoms with Gasteiger partial charge in [0.1, 0.15) is 11.1 Å². The Labute approximate surface area is 154 Å². The predicted octanol–water partition coefficient (Wildman–Crippen LogP) is 2.19. The molecule has 0 saturated heterocycles. The van der Waals surface area contributed by atoms with Gasteiger partial charge in [-0.2, -0.15) is 0 Å². The molecule has 140 valence electrons. The van der Waals surface area contributed by atoms with Crippen molar-refractivity contribution in [3.05, 3.63) is 52.1 Å². The second-order valence-corrected chi connectivity index (χ2v) is 5.51. The van der Waals surface area contributed by atoms with Gasteiger partial charge in [-0.05, 0) is 24.3 Å². The van der Waals surface area contributed by atoms with E-state index in [2.05, 4.69) is 9.97 Å². The number of carbonyl (C=O) groups is 1. The van der Waals surface area contributed by atoms with Crippen LogP contribution < -0.4 is 24.5 Å². The molecule has 0 fully saturated rings. The average Bonchev–Trinajstić information content (AvgIpc) is 2.71. The molecule has 0 atom stereocenters. The molecule has 0 aliphatic rings. The lowest BCUT2D eigenvalue weighted by Gasteiger charge is -2.13. The Bertz CT molecular complexity index is 1050. The summed E-state index contributed by atoms with van der Waals surface area (Å²) in [6, 6.07) is 7.99. The Hall–Kier alpha value is -3.55. The van der Waals surface area contributed by atoms with Crippen molar-refractivity contribution in [1.82, 2.24) is 9.97 Å². The number of carbonyl (C=O) groups excluding carboxylic acids is 1. The normalized spacial score (nSPS) is 10.5. The molecule has 0 unspecified atom stereocenters. The molecular formula is C19H18N2O6. The number of methoxy groups -OCH3 is 4. The number of aromatic nitrogens is 2. The zero-order valence-corrected chi connectivity index (χ0v) is 15.3. The first kappa shape index (κ1) is 18.2. The van der Waals surface area contributed by atoms with E-state index in [0.717, 1.165) is 0 Å². The van der Waals surface area contributed by atoms with Gasteiger partial charge in [0.25, 0.3) is 5.56 Å². The van der Waals surface area contributed by atoms with E-state index in [0.29, 0.717) is 28.5 Å². The number of hydrogen-bond donors (Lipinski definition) is 1. The number of H-pyrrole nitrogens is 1. The summed E-state index contributed by atoms with van der Waals surface area (Å²) in [5, 5.41) is 0.279. The number of nitrogens with zero attached hydrogens (tertiary/aromatic N) is 1. The molecule has 1 heterocycles. The smallest absolute Gasteiger partial charge is 0.262 e. The van der Waals surface area contributed by atoms with Crippen molar-refractivity contribution in [1.29, 1.82) is 0 Å². The average molecular weight is 370 g/mol. The van der Waals surface area contributed by atoms with Crippen molar-refractivity contribution in [3.8, 4) is 23.0 Å². The molecule has 8 nitrogen and oxygen atoms in total. The van der Waals surface area contributed by atoms with Gasteiger partial charge in [0.05, 0.1) is 34.0 Å². The van der Waals surface area contributed by atoms with Crippen LogP contribution in [0.3, 0.4) is 0 Å². The molecule has 8 heteroatoms. The minimum atomic E-state index is -0.490. The summed E-state index contributed by atoms with van der Waals surface area (Å²) in [7, 11) is 5.84. The SMILES string of the molecule is COc1cc(C(=O)c2nc3cccc(OC)c3c(=O)[nH]2)cc(OC)c1OC. The number of nitrogens with one attached hydrogen (secondary N) is 1. The van der Waals surface area contributed by atoms with Crippen LogP contribution in [0.4, 0.5) is 0 Å². The van der Waals surface area contributed by atoms with Gasteiger partial charge in [-0.3, -0.25) is 9.59 Å². The van der Waals surface area contributed by atoms with Crippen LogP contribution in [0.15, 0.2) is 35.1 Å². The molecule has 0 amide bonds. The van der Waals surface area contributed by atoms with Crippen LogP contribution in [0, 0.1) is 0 Å². The van der Waals surface area contributed by atoms with Crippen molar-refractivity contribution >= 4 is 16.7 Å². The maximum atomic E-state index is 12.9. The van der Waals surface area contributed by atoms with Gasteiger partial charge in [0.2, 0.25) is 11.5 Å². The van der Waals surface area contributed by atoms with Crippen molar-refractivity contribution < 1.29 is 23.7 Å². The van der Waals surface area contributed by atoms with E-state index in [1.54, 1.807) is 18.2 Å². The number of fused-ring (bicyclic) bond motifs is 1. The van der Waals surface area contributed by atoms with Gasteiger partial charge < -0.3 is 23.9 Å². The van der Waals surface area contributed by atoms with Crippen molar-refractivity contribution in [2.75, 3.05) is 28.4 Å². The van der Waals surface area contributed by atoms with Crippen molar-refractivity contribution in [2.24, 2.45) is 0 Å². The van der Waals surface area contributed by atoms with Crippen LogP contribution >= 0.6 is 0 Å². The molecule has 2 aromatic carbocycles. The second kappa shape index (κ2) is 7.36. The summed E-state index contributed by atoms with van der Waals surface area (Å²) in [6.07, 6.45) is 0. The van der Waals surface area contributed by atoms with Crippen LogP contribution in [0.5, 0.6) is 23.0 Å². The maximum absolute atomic E-state index is 12.9. The lowest BCUT2D eigenvalue weighted by molar-refractivity contribution is 0.102. The Morgan fingerprint density at radius 3 is 2.11 bits per heavy atom. The zero-order valence-electron chi connectivity index (χ0n) is 15.3. The molecule has 1 N–H and O–H groups in total. The molecule has 0 saturated carbocycles. The minimum absolute atomic E-state index is 0.102. The first-order valence-electron chi connectivity index (χ1n) is 7.95. The third-order valence-corrected chi connectivity index (χ3v) is 4.06. The van der Waals surface area contributed by atoms with E-state index in [1.165, 1.54) is 40.6 Å². The van der Waals surface area contributed by atoms with E-state index in [9.17, 15) is 9.59 Å². The van der Waals surface area contributed by atoms with Crippen molar-refractivity contribution in [3.63, 3.8) is 0 Å². The third kappa shape index (κ3) is 3.17. The molecule has 3 rings (SSSR count). The molecule has 1 aromatic heterocycles. The summed E-state index contributed by atoms with van der Waals surface area (Å²) in [4.78, 5) is 32.2. The minimum Gasteiger partial charge on any atom is -0.496 e. The summed E-state index contributed by atoms with van der Waals surface area (Å²) in [5.41, 5.74) is 0.122. The first-order valence-corrected chi connectivity index (χ1v) is 7.95. The van der Waals surface area contributed by atoms with Gasteiger partial charge in [0, 0.05) is 5.56 Å². The highest BCUT2D eigenvalue weighted by Crippen LogP contribution is 2.38. The summed E-state index contributed by atoms with van der Waals surface area (Å²) in [5.74, 6) is 0.801. The molecule has 0 spiro atoms. The molecular weight excluding hydrogens is 352 g/mol. The maximum Gasteiger partial charge on any atom is 0.262 e. The second-order valence-electron chi connectivity index (χ2n) is 5.51. The highest BCUT2D eigenvalue weighted by atomic mass is 16.5. The third-order valence-electron chi connectivity index (χ3n) is 4.06. The lowest BCUT2D eigenvalue weighted by Crippen LogP contribution is -2.17. The Morgan fingerprint density at radius 1 is 0.926 bits per heavy atom. The van der Waals surface area contributed by atoms with E-state index in [4.69, 9.17) is 18.9 Å². The van der Waals surface area contributed by atoms with Gasteiger partial charge in [-0.1, -0.05) is 6.07 Å². The zero-order chi connectivity index (χ0) is 19.6. The van der Waals surface area contributed by atoms with Crippen LogP contribution in [0.1, 0.15) is 16.2 Å². The highest BCUT2D eigenvalue weighted by Gasteiger charge is 2.20. The molecule has 0 aliphatic heterocycles. The Balaban J connectivity index is 2.15. The predicted molar refractivity (Wildman–Crippen MR) is 98.4 cm³/mol. The summed E-state index contributed by atoms with van der Waals surface area (Å²) in [6.45, 7) is 0. The van der Waals surface area contributed by atoms with Crippen LogP contribution in [-0.2, 0) is 0 Å². The largest absolute Gasteiger partial charge is 0.496 e. The Morgan fingerprint density at radius 2 is 1.56 bits per heavy atom. The molecule has 0 radical (unpaired) electrons. The van der Waals surface area contributed by atoms with Gasteiger partial charge in [-0.25, -0.2) is 4.98 Å². The van der Waals surface area contributed by atoms with Crippen LogP contribution in [0.25, 0.3) is 10.9 Å². The highest BCUT2D eigenvalue weighted by molar-refractivity contribution is 6.08. The molecule has 27 heavy (non-hydrogen) atoms. The number of hydrogen-bond acceptors (Lipinski definition) is 7. The first-order chi connectivity index (χ1) is 13.0. The van der Waals surface area contributed by atoms with E-state index < -0.39 is 11.3 Å². The Kier molecular flexibility index (Phi) is 4.98. The number of aromatic amines is 1. The molecule has 0 bridgehead atoms. The number of ketones is 1. The summed E-state index contributed by atoms with van der Waals surface area (Å²) < 4.78 is 21.0. The van der Waals surface area contributed by atoms with E-state index in [-0.39, 0.29) is 16.8 Å². The fraction of sp³-hybridized carbons (Fsp3) is 0.211. The number of benzene rings is 2. The number of rotatable bonds is 6. The van der Waals surface area contributed by atoms with Crippen LogP contribution in [-0.4, -0.2) is 44.2 Å². The quantitative estimate of drug-likeness (QED) is 0.664.